The topological polar surface area (TPSA) is 49.7 Å². The predicted octanol–water partition coefficient (Wildman–Crippen LogP) is 1.21. The zero-order chi connectivity index (χ0) is 7.56. The van der Waals surface area contributed by atoms with Crippen molar-refractivity contribution in [3.63, 3.8) is 0 Å². The lowest BCUT2D eigenvalue weighted by Crippen LogP contribution is -2.10. The Kier molecular flexibility index (Phi) is 2.04. The highest BCUT2D eigenvalue weighted by molar-refractivity contribution is 6.38. The van der Waals surface area contributed by atoms with Crippen molar-refractivity contribution in [2.45, 2.75) is 26.2 Å². The standard InChI is InChI=1S/C7H11NO2/c1-5(9)7(8-10)4-6-2-3-6/h6,10H,2-4H2,1H3/b8-7-. The van der Waals surface area contributed by atoms with E-state index in [0.717, 1.165) is 0 Å². The molecule has 0 aliphatic heterocycles. The number of nitrogens with zero attached hydrogens (tertiary/aromatic N) is 1. The molecule has 1 rings (SSSR count). The van der Waals surface area contributed by atoms with Gasteiger partial charge in [0.05, 0.1) is 0 Å². The quantitative estimate of drug-likeness (QED) is 0.365. The molecule has 0 atom stereocenters. The molecule has 0 aromatic rings. The zero-order valence-corrected chi connectivity index (χ0v) is 6.00. The first-order valence-corrected chi connectivity index (χ1v) is 3.46. The number of hydrogen-bond acceptors (Lipinski definition) is 3. The summed E-state index contributed by atoms with van der Waals surface area (Å²) < 4.78 is 0. The molecule has 1 saturated carbocycles. The normalized spacial score (nSPS) is 19.1. The van der Waals surface area contributed by atoms with E-state index in [1.807, 2.05) is 0 Å². The van der Waals surface area contributed by atoms with Crippen LogP contribution < -0.4 is 0 Å². The molecule has 0 amide bonds. The van der Waals surface area contributed by atoms with Crippen LogP contribution in [0.15, 0.2) is 5.16 Å². The summed E-state index contributed by atoms with van der Waals surface area (Å²) in [6, 6.07) is 0. The highest BCUT2D eigenvalue weighted by Crippen LogP contribution is 2.32. The second kappa shape index (κ2) is 2.82. The molecule has 3 heteroatoms. The first-order valence-electron chi connectivity index (χ1n) is 3.46. The largest absolute Gasteiger partial charge is 0.411 e. The number of Topliss-reactive ketones (excluding diaryl/α,β-unsaturated/α-hetero) is 1. The summed E-state index contributed by atoms with van der Waals surface area (Å²) in [7, 11) is 0. The first kappa shape index (κ1) is 7.25. The Hall–Kier alpha value is -0.860. The molecule has 0 heterocycles. The molecular weight excluding hydrogens is 130 g/mol. The van der Waals surface area contributed by atoms with E-state index in [0.29, 0.717) is 18.1 Å². The van der Waals surface area contributed by atoms with Crippen LogP contribution in [0.2, 0.25) is 0 Å². The Morgan fingerprint density at radius 2 is 2.30 bits per heavy atom. The van der Waals surface area contributed by atoms with Crippen LogP contribution in [0.4, 0.5) is 0 Å². The molecule has 0 radical (unpaired) electrons. The number of rotatable bonds is 3. The third kappa shape index (κ3) is 1.83. The third-order valence-electron chi connectivity index (χ3n) is 1.71. The van der Waals surface area contributed by atoms with E-state index in [1.54, 1.807) is 0 Å². The average molecular weight is 141 g/mol. The predicted molar refractivity (Wildman–Crippen MR) is 37.2 cm³/mol. The van der Waals surface area contributed by atoms with Crippen molar-refractivity contribution in [3.05, 3.63) is 0 Å². The second-order valence-electron chi connectivity index (χ2n) is 2.75. The van der Waals surface area contributed by atoms with Gasteiger partial charge < -0.3 is 5.21 Å². The molecule has 56 valence electrons. The van der Waals surface area contributed by atoms with E-state index in [2.05, 4.69) is 5.16 Å². The van der Waals surface area contributed by atoms with Crippen LogP contribution in [-0.4, -0.2) is 16.7 Å². The van der Waals surface area contributed by atoms with E-state index >= 15 is 0 Å². The van der Waals surface area contributed by atoms with Gasteiger partial charge in [0, 0.05) is 6.92 Å². The summed E-state index contributed by atoms with van der Waals surface area (Å²) in [5, 5.41) is 11.3. The molecule has 10 heavy (non-hydrogen) atoms. The van der Waals surface area contributed by atoms with Crippen molar-refractivity contribution in [1.82, 2.24) is 0 Å². The molecule has 0 aromatic heterocycles. The lowest BCUT2D eigenvalue weighted by Gasteiger charge is -1.95. The summed E-state index contributed by atoms with van der Waals surface area (Å²) >= 11 is 0. The molecule has 0 spiro atoms. The van der Waals surface area contributed by atoms with Crippen molar-refractivity contribution in [1.29, 1.82) is 0 Å². The number of hydrogen-bond donors (Lipinski definition) is 1. The lowest BCUT2D eigenvalue weighted by atomic mass is 10.1. The van der Waals surface area contributed by atoms with Gasteiger partial charge in [-0.1, -0.05) is 5.16 Å². The monoisotopic (exact) mass is 141 g/mol. The van der Waals surface area contributed by atoms with E-state index in [4.69, 9.17) is 5.21 Å². The van der Waals surface area contributed by atoms with Crippen molar-refractivity contribution in [2.24, 2.45) is 11.1 Å². The number of oxime groups is 1. The summed E-state index contributed by atoms with van der Waals surface area (Å²) in [4.78, 5) is 10.6. The molecular formula is C7H11NO2. The summed E-state index contributed by atoms with van der Waals surface area (Å²) in [6.07, 6.45) is 3.00. The molecule has 0 unspecified atom stereocenters. The molecule has 1 fully saturated rings. The van der Waals surface area contributed by atoms with Crippen LogP contribution in [-0.2, 0) is 4.79 Å². The molecule has 1 aliphatic rings. The van der Waals surface area contributed by atoms with Crippen LogP contribution in [0.1, 0.15) is 26.2 Å². The van der Waals surface area contributed by atoms with Crippen LogP contribution in [0.25, 0.3) is 0 Å². The summed E-state index contributed by atoms with van der Waals surface area (Å²) in [5.74, 6) is 0.490. The highest BCUT2D eigenvalue weighted by Gasteiger charge is 2.24. The Labute approximate surface area is 59.7 Å². The third-order valence-corrected chi connectivity index (χ3v) is 1.71. The van der Waals surface area contributed by atoms with Gasteiger partial charge in [-0.3, -0.25) is 4.79 Å². The second-order valence-corrected chi connectivity index (χ2v) is 2.75. The lowest BCUT2D eigenvalue weighted by molar-refractivity contribution is -0.111. The molecule has 3 nitrogen and oxygen atoms in total. The Morgan fingerprint density at radius 3 is 2.60 bits per heavy atom. The highest BCUT2D eigenvalue weighted by atomic mass is 16.4. The van der Waals surface area contributed by atoms with Gasteiger partial charge in [0.1, 0.15) is 5.71 Å². The van der Waals surface area contributed by atoms with E-state index in [9.17, 15) is 4.79 Å². The summed E-state index contributed by atoms with van der Waals surface area (Å²) in [6.45, 7) is 1.43. The van der Waals surface area contributed by atoms with Crippen LogP contribution in [0, 0.1) is 5.92 Å². The number of carbonyl (C=O) groups is 1. The SMILES string of the molecule is CC(=O)/C(CC1CC1)=N\O. The molecule has 0 aromatic carbocycles. The Balaban J connectivity index is 2.40. The smallest absolute Gasteiger partial charge is 0.177 e. The van der Waals surface area contributed by atoms with Crippen molar-refractivity contribution < 1.29 is 10.0 Å². The maximum absolute atomic E-state index is 10.6. The van der Waals surface area contributed by atoms with Gasteiger partial charge in [-0.25, -0.2) is 0 Å². The first-order chi connectivity index (χ1) is 4.74. The van der Waals surface area contributed by atoms with Gasteiger partial charge >= 0.3 is 0 Å². The van der Waals surface area contributed by atoms with E-state index in [-0.39, 0.29) is 5.78 Å². The molecule has 0 saturated heterocycles. The number of ketones is 1. The van der Waals surface area contributed by atoms with Crippen LogP contribution in [0.3, 0.4) is 0 Å². The van der Waals surface area contributed by atoms with Gasteiger partial charge in [0.15, 0.2) is 5.78 Å². The minimum atomic E-state index is -0.116. The van der Waals surface area contributed by atoms with Gasteiger partial charge in [0.25, 0.3) is 0 Å². The van der Waals surface area contributed by atoms with E-state index in [1.165, 1.54) is 19.8 Å². The van der Waals surface area contributed by atoms with Crippen molar-refractivity contribution in [2.75, 3.05) is 0 Å². The van der Waals surface area contributed by atoms with Gasteiger partial charge in [0.2, 0.25) is 0 Å². The zero-order valence-electron chi connectivity index (χ0n) is 6.00. The summed E-state index contributed by atoms with van der Waals surface area (Å²) in [5.41, 5.74) is 0.322. The van der Waals surface area contributed by atoms with Crippen molar-refractivity contribution in [3.8, 4) is 0 Å². The van der Waals surface area contributed by atoms with Crippen LogP contribution in [0.5, 0.6) is 0 Å². The minimum Gasteiger partial charge on any atom is -0.411 e. The van der Waals surface area contributed by atoms with Gasteiger partial charge in [-0.05, 0) is 25.2 Å². The van der Waals surface area contributed by atoms with Crippen LogP contribution >= 0.6 is 0 Å². The van der Waals surface area contributed by atoms with Gasteiger partial charge in [-0.15, -0.1) is 0 Å². The fraction of sp³-hybridized carbons (Fsp3) is 0.714. The molecule has 0 bridgehead atoms. The molecule has 1 aliphatic carbocycles. The van der Waals surface area contributed by atoms with E-state index < -0.39 is 0 Å². The van der Waals surface area contributed by atoms with Gasteiger partial charge in [-0.2, -0.15) is 0 Å². The maximum Gasteiger partial charge on any atom is 0.177 e. The Bertz CT molecular complexity index is 170. The molecule has 1 N–H and O–H groups in total. The fourth-order valence-electron chi connectivity index (χ4n) is 0.850. The average Bonchev–Trinajstić information content (AvgIpc) is 2.64. The minimum absolute atomic E-state index is 0.116. The van der Waals surface area contributed by atoms with Crippen molar-refractivity contribution >= 4 is 11.5 Å². The Morgan fingerprint density at radius 1 is 1.70 bits per heavy atom. The maximum atomic E-state index is 10.6. The number of carbonyl (C=O) groups excluding carboxylic acids is 1. The fourth-order valence-corrected chi connectivity index (χ4v) is 0.850.